The number of benzene rings is 1. The molecule has 1 aromatic carbocycles. The lowest BCUT2D eigenvalue weighted by Gasteiger charge is -2.28. The predicted octanol–water partition coefficient (Wildman–Crippen LogP) is 4.87. The highest BCUT2D eigenvalue weighted by Gasteiger charge is 2.28. The van der Waals surface area contributed by atoms with Gasteiger partial charge in [0.15, 0.2) is 0 Å². The van der Waals surface area contributed by atoms with Crippen molar-refractivity contribution in [3.05, 3.63) is 58.9 Å². The van der Waals surface area contributed by atoms with E-state index in [9.17, 15) is 9.90 Å². The Morgan fingerprint density at radius 2 is 1.46 bits per heavy atom. The Labute approximate surface area is 156 Å². The fourth-order valence-corrected chi connectivity index (χ4v) is 2.92. The van der Waals surface area contributed by atoms with Crippen molar-refractivity contribution >= 4 is 5.91 Å². The molecule has 2 aromatic rings. The molecule has 4 heteroatoms. The monoisotopic (exact) mass is 354 g/mol. The molecule has 0 fully saturated rings. The molecule has 1 atom stereocenters. The molecule has 1 heterocycles. The zero-order valence-corrected chi connectivity index (χ0v) is 16.8. The second-order valence-electron chi connectivity index (χ2n) is 8.90. The molecule has 0 saturated carbocycles. The van der Waals surface area contributed by atoms with Crippen LogP contribution in [-0.2, 0) is 10.8 Å². The SMILES string of the molecule is CC(NC(=O)c1cc(C(C)(C)C)c(O)c(C(C)(C)C)c1)c1ccncc1. The van der Waals surface area contributed by atoms with Gasteiger partial charge in [-0.3, -0.25) is 9.78 Å². The smallest absolute Gasteiger partial charge is 0.251 e. The zero-order chi connectivity index (χ0) is 19.7. The van der Waals surface area contributed by atoms with Gasteiger partial charge in [-0.25, -0.2) is 0 Å². The summed E-state index contributed by atoms with van der Waals surface area (Å²) >= 11 is 0. The molecule has 0 radical (unpaired) electrons. The van der Waals surface area contributed by atoms with Crippen LogP contribution in [0.4, 0.5) is 0 Å². The predicted molar refractivity (Wildman–Crippen MR) is 106 cm³/mol. The van der Waals surface area contributed by atoms with Crippen molar-refractivity contribution in [3.63, 3.8) is 0 Å². The minimum atomic E-state index is -0.267. The molecule has 1 amide bonds. The maximum atomic E-state index is 12.9. The van der Waals surface area contributed by atoms with Gasteiger partial charge in [-0.2, -0.15) is 0 Å². The van der Waals surface area contributed by atoms with Crippen LogP contribution in [-0.4, -0.2) is 16.0 Å². The maximum Gasteiger partial charge on any atom is 0.251 e. The summed E-state index contributed by atoms with van der Waals surface area (Å²) < 4.78 is 0. The first kappa shape index (κ1) is 20.0. The van der Waals surface area contributed by atoms with Crippen LogP contribution in [0.25, 0.3) is 0 Å². The molecule has 0 spiro atoms. The molecule has 0 saturated heterocycles. The molecule has 0 aliphatic carbocycles. The van der Waals surface area contributed by atoms with E-state index < -0.39 is 0 Å². The number of phenols is 1. The van der Waals surface area contributed by atoms with E-state index in [1.54, 1.807) is 24.5 Å². The number of carbonyl (C=O) groups excluding carboxylic acids is 1. The number of aromatic nitrogens is 1. The summed E-state index contributed by atoms with van der Waals surface area (Å²) in [5, 5.41) is 13.8. The third-order valence-electron chi connectivity index (χ3n) is 4.54. The van der Waals surface area contributed by atoms with Crippen molar-refractivity contribution in [1.82, 2.24) is 10.3 Å². The number of aromatic hydroxyl groups is 1. The Hall–Kier alpha value is -2.36. The van der Waals surface area contributed by atoms with Crippen molar-refractivity contribution < 1.29 is 9.90 Å². The fourth-order valence-electron chi connectivity index (χ4n) is 2.92. The van der Waals surface area contributed by atoms with E-state index in [0.29, 0.717) is 5.56 Å². The second kappa shape index (κ2) is 7.10. The van der Waals surface area contributed by atoms with E-state index in [1.165, 1.54) is 0 Å². The number of rotatable bonds is 3. The summed E-state index contributed by atoms with van der Waals surface area (Å²) in [7, 11) is 0. The van der Waals surface area contributed by atoms with Crippen LogP contribution in [0.5, 0.6) is 5.75 Å². The van der Waals surface area contributed by atoms with Crippen LogP contribution in [0.1, 0.15) is 81.6 Å². The highest BCUT2D eigenvalue weighted by molar-refractivity contribution is 5.95. The van der Waals surface area contributed by atoms with Gasteiger partial charge >= 0.3 is 0 Å². The Balaban J connectivity index is 2.43. The van der Waals surface area contributed by atoms with Gasteiger partial charge in [-0.15, -0.1) is 0 Å². The standard InChI is InChI=1S/C22H30N2O2/c1-14(15-8-10-23-11-9-15)24-20(26)16-12-17(21(2,3)4)19(25)18(13-16)22(5,6)7/h8-14,25H,1-7H3,(H,24,26). The molecule has 2 N–H and O–H groups in total. The number of phenolic OH excluding ortho intramolecular Hbond substituents is 1. The van der Waals surface area contributed by atoms with Gasteiger partial charge < -0.3 is 10.4 Å². The van der Waals surface area contributed by atoms with Gasteiger partial charge in [0, 0.05) is 29.1 Å². The number of pyridine rings is 1. The topological polar surface area (TPSA) is 62.2 Å². The van der Waals surface area contributed by atoms with E-state index in [0.717, 1.165) is 16.7 Å². The van der Waals surface area contributed by atoms with Crippen molar-refractivity contribution in [2.45, 2.75) is 65.3 Å². The number of nitrogens with one attached hydrogen (secondary N) is 1. The molecular weight excluding hydrogens is 324 g/mol. The molecule has 2 rings (SSSR count). The number of hydrogen-bond acceptors (Lipinski definition) is 3. The number of carbonyl (C=O) groups is 1. The molecule has 140 valence electrons. The van der Waals surface area contributed by atoms with Crippen LogP contribution >= 0.6 is 0 Å². The van der Waals surface area contributed by atoms with Crippen LogP contribution < -0.4 is 5.32 Å². The van der Waals surface area contributed by atoms with E-state index in [1.807, 2.05) is 60.6 Å². The van der Waals surface area contributed by atoms with Crippen molar-refractivity contribution in [3.8, 4) is 5.75 Å². The maximum absolute atomic E-state index is 12.9. The Bertz CT molecular complexity index is 749. The summed E-state index contributed by atoms with van der Waals surface area (Å²) in [6, 6.07) is 7.26. The second-order valence-corrected chi connectivity index (χ2v) is 8.90. The normalized spacial score (nSPS) is 13.3. The number of hydrogen-bond donors (Lipinski definition) is 2. The fraction of sp³-hybridized carbons (Fsp3) is 0.455. The minimum absolute atomic E-state index is 0.129. The Morgan fingerprint density at radius 1 is 1.00 bits per heavy atom. The molecule has 26 heavy (non-hydrogen) atoms. The first-order chi connectivity index (χ1) is 11.9. The van der Waals surface area contributed by atoms with Crippen molar-refractivity contribution in [2.75, 3.05) is 0 Å². The van der Waals surface area contributed by atoms with Crippen LogP contribution in [0.3, 0.4) is 0 Å². The van der Waals surface area contributed by atoms with E-state index in [-0.39, 0.29) is 28.5 Å². The third kappa shape index (κ3) is 4.43. The molecule has 1 aromatic heterocycles. The lowest BCUT2D eigenvalue weighted by atomic mass is 9.78. The zero-order valence-electron chi connectivity index (χ0n) is 16.8. The highest BCUT2D eigenvalue weighted by Crippen LogP contribution is 2.39. The summed E-state index contributed by atoms with van der Waals surface area (Å²) in [4.78, 5) is 16.9. The Morgan fingerprint density at radius 3 is 1.88 bits per heavy atom. The van der Waals surface area contributed by atoms with Crippen molar-refractivity contribution in [1.29, 1.82) is 0 Å². The first-order valence-corrected chi connectivity index (χ1v) is 9.00. The van der Waals surface area contributed by atoms with Gasteiger partial charge in [-0.1, -0.05) is 41.5 Å². The van der Waals surface area contributed by atoms with Gasteiger partial charge in [0.05, 0.1) is 6.04 Å². The van der Waals surface area contributed by atoms with Crippen molar-refractivity contribution in [2.24, 2.45) is 0 Å². The van der Waals surface area contributed by atoms with Crippen LogP contribution in [0.2, 0.25) is 0 Å². The molecule has 0 bridgehead atoms. The largest absolute Gasteiger partial charge is 0.507 e. The first-order valence-electron chi connectivity index (χ1n) is 9.00. The lowest BCUT2D eigenvalue weighted by molar-refractivity contribution is 0.0939. The summed E-state index contributed by atoms with van der Waals surface area (Å²) in [5.74, 6) is 0.133. The van der Waals surface area contributed by atoms with E-state index >= 15 is 0 Å². The van der Waals surface area contributed by atoms with E-state index in [2.05, 4.69) is 10.3 Å². The Kier molecular flexibility index (Phi) is 5.45. The summed E-state index contributed by atoms with van der Waals surface area (Å²) in [5.41, 5.74) is 2.60. The van der Waals surface area contributed by atoms with Gasteiger partial charge in [0.25, 0.3) is 5.91 Å². The molecule has 4 nitrogen and oxygen atoms in total. The number of nitrogens with zero attached hydrogens (tertiary/aromatic N) is 1. The van der Waals surface area contributed by atoms with Gasteiger partial charge in [0.1, 0.15) is 5.75 Å². The average molecular weight is 354 g/mol. The third-order valence-corrected chi connectivity index (χ3v) is 4.54. The lowest BCUT2D eigenvalue weighted by Crippen LogP contribution is -2.28. The van der Waals surface area contributed by atoms with Crippen LogP contribution in [0, 0.1) is 0 Å². The average Bonchev–Trinajstić information content (AvgIpc) is 2.53. The summed E-state index contributed by atoms with van der Waals surface area (Å²) in [6.45, 7) is 14.2. The quantitative estimate of drug-likeness (QED) is 0.826. The van der Waals surface area contributed by atoms with Gasteiger partial charge in [-0.05, 0) is 47.6 Å². The molecular formula is C22H30N2O2. The molecule has 0 aliphatic rings. The molecule has 0 aliphatic heterocycles. The van der Waals surface area contributed by atoms with E-state index in [4.69, 9.17) is 0 Å². The minimum Gasteiger partial charge on any atom is -0.507 e. The van der Waals surface area contributed by atoms with Crippen LogP contribution in [0.15, 0.2) is 36.7 Å². The molecule has 1 unspecified atom stereocenters. The highest BCUT2D eigenvalue weighted by atomic mass is 16.3. The number of amides is 1. The summed E-state index contributed by atoms with van der Waals surface area (Å²) in [6.07, 6.45) is 3.43. The van der Waals surface area contributed by atoms with Gasteiger partial charge in [0.2, 0.25) is 0 Å².